The number of rotatable bonds is 2. The molecule has 0 unspecified atom stereocenters. The fraction of sp³-hybridized carbons (Fsp3) is 0.111. The minimum atomic E-state index is -0.161. The van der Waals surface area contributed by atoms with Gasteiger partial charge in [-0.1, -0.05) is 12.1 Å². The molecule has 0 fully saturated rings. The molecule has 3 heteroatoms. The van der Waals surface area contributed by atoms with Gasteiger partial charge < -0.3 is 4.42 Å². The van der Waals surface area contributed by atoms with E-state index >= 15 is 0 Å². The fourth-order valence-corrected chi connectivity index (χ4v) is 2.38. The van der Waals surface area contributed by atoms with Crippen LogP contribution in [0.1, 0.15) is 32.8 Å². The van der Waals surface area contributed by atoms with Crippen LogP contribution in [-0.2, 0) is 0 Å². The van der Waals surface area contributed by atoms with Crippen LogP contribution in [0.5, 0.6) is 0 Å². The van der Waals surface area contributed by atoms with Gasteiger partial charge in [0.25, 0.3) is 0 Å². The predicted molar refractivity (Wildman–Crippen MR) is 80.3 cm³/mol. The van der Waals surface area contributed by atoms with Gasteiger partial charge in [-0.05, 0) is 49.7 Å². The number of nitrogens with zero attached hydrogens (tertiary/aromatic N) is 1. The summed E-state index contributed by atoms with van der Waals surface area (Å²) in [7, 11) is 0. The number of fused-ring (bicyclic) bond motifs is 1. The van der Waals surface area contributed by atoms with E-state index in [1.807, 2.05) is 38.1 Å². The highest BCUT2D eigenvalue weighted by atomic mass is 16.3. The van der Waals surface area contributed by atoms with Crippen LogP contribution in [0.4, 0.5) is 0 Å². The quantitative estimate of drug-likeness (QED) is 0.660. The van der Waals surface area contributed by atoms with E-state index in [2.05, 4.69) is 0 Å². The lowest BCUT2D eigenvalue weighted by Gasteiger charge is -1.99. The van der Waals surface area contributed by atoms with Gasteiger partial charge in [0, 0.05) is 16.5 Å². The lowest BCUT2D eigenvalue weighted by Crippen LogP contribution is -2.01. The van der Waals surface area contributed by atoms with Crippen LogP contribution in [0.15, 0.2) is 46.9 Å². The zero-order valence-electron chi connectivity index (χ0n) is 11.8. The molecule has 3 rings (SSSR count). The van der Waals surface area contributed by atoms with E-state index < -0.39 is 0 Å². The molecule has 0 aliphatic carbocycles. The van der Waals surface area contributed by atoms with Crippen molar-refractivity contribution in [1.82, 2.24) is 0 Å². The van der Waals surface area contributed by atoms with Crippen LogP contribution in [0.3, 0.4) is 0 Å². The van der Waals surface area contributed by atoms with Gasteiger partial charge in [0.2, 0.25) is 5.78 Å². The van der Waals surface area contributed by atoms with Crippen molar-refractivity contribution in [3.8, 4) is 6.07 Å². The molecule has 3 nitrogen and oxygen atoms in total. The Morgan fingerprint density at radius 1 is 1.10 bits per heavy atom. The third-order valence-electron chi connectivity index (χ3n) is 3.58. The lowest BCUT2D eigenvalue weighted by molar-refractivity contribution is 0.101. The van der Waals surface area contributed by atoms with Crippen molar-refractivity contribution >= 4 is 16.8 Å². The summed E-state index contributed by atoms with van der Waals surface area (Å²) in [6, 6.07) is 14.5. The highest BCUT2D eigenvalue weighted by Gasteiger charge is 2.19. The van der Waals surface area contributed by atoms with E-state index in [0.29, 0.717) is 16.9 Å². The maximum Gasteiger partial charge on any atom is 0.228 e. The minimum absolute atomic E-state index is 0.161. The van der Waals surface area contributed by atoms with Crippen molar-refractivity contribution in [3.63, 3.8) is 0 Å². The van der Waals surface area contributed by atoms with Gasteiger partial charge in [0.15, 0.2) is 5.76 Å². The molecule has 3 aromatic rings. The molecule has 0 radical (unpaired) electrons. The molecule has 102 valence electrons. The van der Waals surface area contributed by atoms with E-state index in [9.17, 15) is 4.79 Å². The summed E-state index contributed by atoms with van der Waals surface area (Å²) in [6.07, 6.45) is 0. The molecule has 2 aromatic carbocycles. The second-order valence-electron chi connectivity index (χ2n) is 5.07. The molecular weight excluding hydrogens is 262 g/mol. The summed E-state index contributed by atoms with van der Waals surface area (Å²) in [5.41, 5.74) is 3.72. The van der Waals surface area contributed by atoms with Crippen LogP contribution in [0.25, 0.3) is 11.0 Å². The normalized spacial score (nSPS) is 10.5. The molecule has 0 bridgehead atoms. The molecule has 1 heterocycles. The Morgan fingerprint density at radius 3 is 2.48 bits per heavy atom. The van der Waals surface area contributed by atoms with E-state index in [-0.39, 0.29) is 5.78 Å². The third kappa shape index (κ3) is 2.21. The average molecular weight is 275 g/mol. The number of carbonyl (C=O) groups excluding carboxylic acids is 1. The van der Waals surface area contributed by atoms with E-state index in [0.717, 1.165) is 22.1 Å². The number of carbonyl (C=O) groups is 1. The van der Waals surface area contributed by atoms with E-state index in [1.54, 1.807) is 24.3 Å². The number of benzene rings is 2. The molecule has 0 saturated carbocycles. The molecule has 21 heavy (non-hydrogen) atoms. The minimum Gasteiger partial charge on any atom is -0.452 e. The molecular formula is C18H13NO2. The van der Waals surface area contributed by atoms with Gasteiger partial charge in [-0.25, -0.2) is 0 Å². The molecule has 0 aliphatic heterocycles. The SMILES string of the molecule is Cc1ccc2c(C)c(C(=O)c3ccc(C#N)cc3)oc2c1. The maximum atomic E-state index is 12.5. The number of hydrogen-bond acceptors (Lipinski definition) is 3. The van der Waals surface area contributed by atoms with Crippen molar-refractivity contribution < 1.29 is 9.21 Å². The van der Waals surface area contributed by atoms with Crippen molar-refractivity contribution in [2.75, 3.05) is 0 Å². The van der Waals surface area contributed by atoms with Gasteiger partial charge in [0.05, 0.1) is 11.6 Å². The highest BCUT2D eigenvalue weighted by molar-refractivity contribution is 6.10. The number of nitriles is 1. The van der Waals surface area contributed by atoms with Crippen molar-refractivity contribution in [3.05, 3.63) is 70.5 Å². The van der Waals surface area contributed by atoms with Crippen molar-refractivity contribution in [2.45, 2.75) is 13.8 Å². The lowest BCUT2D eigenvalue weighted by atomic mass is 10.0. The summed E-state index contributed by atoms with van der Waals surface area (Å²) in [5.74, 6) is 0.200. The second kappa shape index (κ2) is 4.92. The standard InChI is InChI=1S/C18H13NO2/c1-11-3-8-15-12(2)18(21-16(15)9-11)17(20)14-6-4-13(10-19)5-7-14/h3-9H,1-2H3. The molecule has 0 amide bonds. The number of aryl methyl sites for hydroxylation is 2. The van der Waals surface area contributed by atoms with E-state index in [1.165, 1.54) is 0 Å². The number of furan rings is 1. The molecule has 0 spiro atoms. The summed E-state index contributed by atoms with van der Waals surface area (Å²) < 4.78 is 5.74. The monoisotopic (exact) mass is 275 g/mol. The summed E-state index contributed by atoms with van der Waals surface area (Å²) >= 11 is 0. The Bertz CT molecular complexity index is 880. The Morgan fingerprint density at radius 2 is 1.81 bits per heavy atom. The Hall–Kier alpha value is -2.86. The van der Waals surface area contributed by atoms with Gasteiger partial charge in [-0.2, -0.15) is 5.26 Å². The summed E-state index contributed by atoms with van der Waals surface area (Å²) in [5, 5.41) is 9.75. The van der Waals surface area contributed by atoms with Crippen LogP contribution >= 0.6 is 0 Å². The van der Waals surface area contributed by atoms with Crippen molar-refractivity contribution in [1.29, 1.82) is 5.26 Å². The molecule has 0 N–H and O–H groups in total. The number of ketones is 1. The molecule has 0 atom stereocenters. The fourth-order valence-electron chi connectivity index (χ4n) is 2.38. The Labute approximate surface area is 122 Å². The van der Waals surface area contributed by atoms with Crippen molar-refractivity contribution in [2.24, 2.45) is 0 Å². The predicted octanol–water partition coefficient (Wildman–Crippen LogP) is 4.15. The highest BCUT2D eigenvalue weighted by Crippen LogP contribution is 2.27. The third-order valence-corrected chi connectivity index (χ3v) is 3.58. The molecule has 0 aliphatic rings. The van der Waals surface area contributed by atoms with Gasteiger partial charge >= 0.3 is 0 Å². The summed E-state index contributed by atoms with van der Waals surface area (Å²) in [4.78, 5) is 12.5. The van der Waals surface area contributed by atoms with Crippen LogP contribution < -0.4 is 0 Å². The first-order valence-electron chi connectivity index (χ1n) is 6.65. The van der Waals surface area contributed by atoms with Crippen LogP contribution in [0, 0.1) is 25.2 Å². The van der Waals surface area contributed by atoms with Gasteiger partial charge in [0.1, 0.15) is 5.58 Å². The average Bonchev–Trinajstić information content (AvgIpc) is 2.83. The molecule has 0 saturated heterocycles. The maximum absolute atomic E-state index is 12.5. The molecule has 1 aromatic heterocycles. The second-order valence-corrected chi connectivity index (χ2v) is 5.07. The van der Waals surface area contributed by atoms with Gasteiger partial charge in [-0.3, -0.25) is 4.79 Å². The topological polar surface area (TPSA) is 54.0 Å². The largest absolute Gasteiger partial charge is 0.452 e. The zero-order chi connectivity index (χ0) is 15.0. The number of hydrogen-bond donors (Lipinski definition) is 0. The van der Waals surface area contributed by atoms with Crippen LogP contribution in [0.2, 0.25) is 0 Å². The first-order chi connectivity index (χ1) is 10.1. The summed E-state index contributed by atoms with van der Waals surface area (Å²) in [6.45, 7) is 3.87. The Balaban J connectivity index is 2.08. The smallest absolute Gasteiger partial charge is 0.228 e. The van der Waals surface area contributed by atoms with Gasteiger partial charge in [-0.15, -0.1) is 0 Å². The first kappa shape index (κ1) is 13.1. The zero-order valence-corrected chi connectivity index (χ0v) is 11.8. The van der Waals surface area contributed by atoms with E-state index in [4.69, 9.17) is 9.68 Å². The van der Waals surface area contributed by atoms with Crippen LogP contribution in [-0.4, -0.2) is 5.78 Å². The Kier molecular flexibility index (Phi) is 3.08. The first-order valence-corrected chi connectivity index (χ1v) is 6.65.